The molecule has 170 valence electrons. The maximum atomic E-state index is 12.4. The summed E-state index contributed by atoms with van der Waals surface area (Å²) in [5, 5.41) is 5.18. The molecule has 0 saturated carbocycles. The SMILES string of the molecule is CCOC(=O)/C=C/C(CCC(N)=O)NC(=O)CNC(=O)c1ccc(-c2ccccc2Br)[nH]1. The zero-order valence-electron chi connectivity index (χ0n) is 17.5. The summed E-state index contributed by atoms with van der Waals surface area (Å²) in [5.41, 5.74) is 7.11. The summed E-state index contributed by atoms with van der Waals surface area (Å²) in [5.74, 6) is -2.03. The topological polar surface area (TPSA) is 143 Å². The molecule has 0 fully saturated rings. The number of carbonyl (C=O) groups is 4. The number of H-pyrrole nitrogens is 1. The summed E-state index contributed by atoms with van der Waals surface area (Å²) in [6.07, 6.45) is 2.83. The van der Waals surface area contributed by atoms with E-state index < -0.39 is 29.7 Å². The minimum Gasteiger partial charge on any atom is -0.463 e. The molecule has 5 N–H and O–H groups in total. The summed E-state index contributed by atoms with van der Waals surface area (Å²) in [6, 6.07) is 10.3. The predicted octanol–water partition coefficient (Wildman–Crippen LogP) is 2.04. The van der Waals surface area contributed by atoms with Gasteiger partial charge >= 0.3 is 5.97 Å². The quantitative estimate of drug-likeness (QED) is 0.273. The lowest BCUT2D eigenvalue weighted by atomic mass is 10.1. The average Bonchev–Trinajstić information content (AvgIpc) is 3.24. The van der Waals surface area contributed by atoms with E-state index in [1.807, 2.05) is 24.3 Å². The second kappa shape index (κ2) is 12.5. The van der Waals surface area contributed by atoms with Crippen LogP contribution in [-0.2, 0) is 19.1 Å². The van der Waals surface area contributed by atoms with Gasteiger partial charge in [0.05, 0.1) is 13.2 Å². The number of primary amides is 1. The third-order valence-electron chi connectivity index (χ3n) is 4.30. The summed E-state index contributed by atoms with van der Waals surface area (Å²) in [6.45, 7) is 1.60. The van der Waals surface area contributed by atoms with Crippen molar-refractivity contribution in [1.82, 2.24) is 15.6 Å². The standard InChI is InChI=1S/C22H25BrN4O5/c1-2-32-21(30)12-8-14(7-11-19(24)28)26-20(29)13-25-22(31)18-10-9-17(27-18)15-5-3-4-6-16(15)23/h3-6,8-10,12,14,27H,2,7,11,13H2,1H3,(H2,24,28)(H,25,31)(H,26,29)/b12-8+. The molecule has 0 bridgehead atoms. The van der Waals surface area contributed by atoms with Crippen molar-refractivity contribution >= 4 is 39.6 Å². The van der Waals surface area contributed by atoms with E-state index in [4.69, 9.17) is 10.5 Å². The van der Waals surface area contributed by atoms with Crippen LogP contribution < -0.4 is 16.4 Å². The number of nitrogens with one attached hydrogen (secondary N) is 3. The molecule has 1 atom stereocenters. The highest BCUT2D eigenvalue weighted by molar-refractivity contribution is 9.10. The smallest absolute Gasteiger partial charge is 0.330 e. The van der Waals surface area contributed by atoms with E-state index in [1.54, 1.807) is 19.1 Å². The molecule has 2 rings (SSSR count). The molecular weight excluding hydrogens is 480 g/mol. The van der Waals surface area contributed by atoms with Crippen LogP contribution in [0.4, 0.5) is 0 Å². The summed E-state index contributed by atoms with van der Waals surface area (Å²) in [4.78, 5) is 50.2. The van der Waals surface area contributed by atoms with Crippen LogP contribution in [0.2, 0.25) is 0 Å². The van der Waals surface area contributed by atoms with Gasteiger partial charge in [0, 0.05) is 34.3 Å². The Hall–Kier alpha value is -3.40. The van der Waals surface area contributed by atoms with E-state index in [0.29, 0.717) is 5.69 Å². The van der Waals surface area contributed by atoms with Gasteiger partial charge in [-0.25, -0.2) is 4.79 Å². The fourth-order valence-electron chi connectivity index (χ4n) is 2.78. The molecule has 2 aromatic rings. The number of carbonyl (C=O) groups excluding carboxylic acids is 4. The lowest BCUT2D eigenvalue weighted by molar-refractivity contribution is -0.137. The van der Waals surface area contributed by atoms with Gasteiger partial charge in [-0.3, -0.25) is 14.4 Å². The van der Waals surface area contributed by atoms with Crippen LogP contribution >= 0.6 is 15.9 Å². The van der Waals surface area contributed by atoms with Gasteiger partial charge < -0.3 is 26.1 Å². The number of aromatic nitrogens is 1. The van der Waals surface area contributed by atoms with Crippen molar-refractivity contribution in [1.29, 1.82) is 0 Å². The Morgan fingerprint density at radius 3 is 2.62 bits per heavy atom. The van der Waals surface area contributed by atoms with E-state index >= 15 is 0 Å². The summed E-state index contributed by atoms with van der Waals surface area (Å²) < 4.78 is 5.68. The number of aromatic amines is 1. The van der Waals surface area contributed by atoms with E-state index in [1.165, 1.54) is 12.2 Å². The fourth-order valence-corrected chi connectivity index (χ4v) is 3.28. The lowest BCUT2D eigenvalue weighted by Crippen LogP contribution is -2.41. The Balaban J connectivity index is 1.93. The number of amides is 3. The van der Waals surface area contributed by atoms with Crippen LogP contribution in [0.25, 0.3) is 11.3 Å². The molecule has 1 unspecified atom stereocenters. The number of benzene rings is 1. The Kier molecular flexibility index (Phi) is 9.68. The molecule has 32 heavy (non-hydrogen) atoms. The number of esters is 1. The van der Waals surface area contributed by atoms with Crippen LogP contribution in [-0.4, -0.2) is 47.9 Å². The Bertz CT molecular complexity index is 1000. The summed E-state index contributed by atoms with van der Waals surface area (Å²) >= 11 is 3.47. The number of nitrogens with two attached hydrogens (primary N) is 1. The normalized spacial score (nSPS) is 11.7. The largest absolute Gasteiger partial charge is 0.463 e. The zero-order chi connectivity index (χ0) is 23.5. The number of ether oxygens (including phenoxy) is 1. The highest BCUT2D eigenvalue weighted by Crippen LogP contribution is 2.27. The average molecular weight is 505 g/mol. The first kappa shape index (κ1) is 24.9. The molecule has 3 amide bonds. The van der Waals surface area contributed by atoms with Crippen LogP contribution in [0.3, 0.4) is 0 Å². The number of rotatable bonds is 11. The Labute approximate surface area is 193 Å². The monoisotopic (exact) mass is 504 g/mol. The first-order valence-corrected chi connectivity index (χ1v) is 10.7. The van der Waals surface area contributed by atoms with Gasteiger partial charge in [-0.05, 0) is 31.5 Å². The first-order valence-electron chi connectivity index (χ1n) is 9.95. The van der Waals surface area contributed by atoms with Crippen molar-refractivity contribution in [3.63, 3.8) is 0 Å². The molecule has 1 aromatic heterocycles. The highest BCUT2D eigenvalue weighted by atomic mass is 79.9. The lowest BCUT2D eigenvalue weighted by Gasteiger charge is -2.14. The zero-order valence-corrected chi connectivity index (χ0v) is 19.1. The van der Waals surface area contributed by atoms with Crippen molar-refractivity contribution in [2.24, 2.45) is 5.73 Å². The van der Waals surface area contributed by atoms with Crippen molar-refractivity contribution < 1.29 is 23.9 Å². The maximum absolute atomic E-state index is 12.4. The van der Waals surface area contributed by atoms with Crippen LogP contribution in [0.5, 0.6) is 0 Å². The Morgan fingerprint density at radius 1 is 1.19 bits per heavy atom. The van der Waals surface area contributed by atoms with Crippen LogP contribution in [0, 0.1) is 0 Å². The molecular formula is C22H25BrN4O5. The third kappa shape index (κ3) is 8.03. The second-order valence-corrected chi connectivity index (χ2v) is 7.59. The van der Waals surface area contributed by atoms with Crippen molar-refractivity contribution in [2.75, 3.05) is 13.2 Å². The van der Waals surface area contributed by atoms with Gasteiger partial charge in [0.1, 0.15) is 5.69 Å². The summed E-state index contributed by atoms with van der Waals surface area (Å²) in [7, 11) is 0. The van der Waals surface area contributed by atoms with Crippen LogP contribution in [0.1, 0.15) is 30.3 Å². The van der Waals surface area contributed by atoms with Crippen LogP contribution in [0.15, 0.2) is 53.0 Å². The molecule has 0 radical (unpaired) electrons. The molecule has 0 aliphatic carbocycles. The van der Waals surface area contributed by atoms with Gasteiger partial charge in [-0.1, -0.05) is 40.2 Å². The van der Waals surface area contributed by atoms with Crippen molar-refractivity contribution in [3.8, 4) is 11.3 Å². The molecule has 1 heterocycles. The number of hydrogen-bond donors (Lipinski definition) is 4. The number of halogens is 1. The molecule has 0 spiro atoms. The van der Waals surface area contributed by atoms with Gasteiger partial charge in [0.25, 0.3) is 5.91 Å². The van der Waals surface area contributed by atoms with E-state index in [-0.39, 0.29) is 26.0 Å². The minimum absolute atomic E-state index is 0.0186. The third-order valence-corrected chi connectivity index (χ3v) is 4.99. The highest BCUT2D eigenvalue weighted by Gasteiger charge is 2.15. The van der Waals surface area contributed by atoms with E-state index in [2.05, 4.69) is 31.5 Å². The van der Waals surface area contributed by atoms with Gasteiger partial charge in [-0.15, -0.1) is 0 Å². The molecule has 9 nitrogen and oxygen atoms in total. The second-order valence-electron chi connectivity index (χ2n) is 6.74. The Morgan fingerprint density at radius 2 is 1.94 bits per heavy atom. The first-order chi connectivity index (χ1) is 15.3. The van der Waals surface area contributed by atoms with Gasteiger partial charge in [0.2, 0.25) is 11.8 Å². The van der Waals surface area contributed by atoms with Gasteiger partial charge in [0.15, 0.2) is 0 Å². The van der Waals surface area contributed by atoms with E-state index in [0.717, 1.165) is 15.7 Å². The fraction of sp³-hybridized carbons (Fsp3) is 0.273. The molecule has 0 saturated heterocycles. The minimum atomic E-state index is -0.621. The molecule has 10 heteroatoms. The maximum Gasteiger partial charge on any atom is 0.330 e. The molecule has 1 aromatic carbocycles. The number of hydrogen-bond acceptors (Lipinski definition) is 5. The molecule has 0 aliphatic rings. The van der Waals surface area contributed by atoms with Crippen molar-refractivity contribution in [3.05, 3.63) is 58.7 Å². The molecule has 0 aliphatic heterocycles. The predicted molar refractivity (Wildman–Crippen MR) is 122 cm³/mol. The van der Waals surface area contributed by atoms with Crippen molar-refractivity contribution in [2.45, 2.75) is 25.8 Å². The van der Waals surface area contributed by atoms with E-state index in [9.17, 15) is 19.2 Å². The van der Waals surface area contributed by atoms with Gasteiger partial charge in [-0.2, -0.15) is 0 Å².